The van der Waals surface area contributed by atoms with Crippen LogP contribution in [-0.2, 0) is 4.79 Å². The number of nitrogens with zero attached hydrogens (tertiary/aromatic N) is 1. The summed E-state index contributed by atoms with van der Waals surface area (Å²) in [5, 5.41) is 3.29. The van der Waals surface area contributed by atoms with Gasteiger partial charge in [-0.1, -0.05) is 38.3 Å². The molecule has 1 aromatic carbocycles. The Kier molecular flexibility index (Phi) is 4.24. The van der Waals surface area contributed by atoms with E-state index in [2.05, 4.69) is 12.2 Å². The first-order valence-electron chi connectivity index (χ1n) is 8.00. The minimum atomic E-state index is -0.237. The average molecular weight is 290 g/mol. The minimum absolute atomic E-state index is 0.102. The van der Waals surface area contributed by atoms with Gasteiger partial charge in [0.05, 0.1) is 6.54 Å². The van der Waals surface area contributed by atoms with Crippen LogP contribution in [-0.4, -0.2) is 23.4 Å². The molecule has 1 aromatic rings. The van der Waals surface area contributed by atoms with Gasteiger partial charge >= 0.3 is 0 Å². The fraction of sp³-hybridized carbons (Fsp3) is 0.588. The molecule has 1 N–H and O–H groups in total. The topological polar surface area (TPSA) is 32.3 Å². The van der Waals surface area contributed by atoms with Crippen LogP contribution < -0.4 is 5.32 Å². The van der Waals surface area contributed by atoms with Gasteiger partial charge in [0.15, 0.2) is 0 Å². The van der Waals surface area contributed by atoms with Crippen molar-refractivity contribution >= 4 is 5.91 Å². The van der Waals surface area contributed by atoms with Gasteiger partial charge in [0.2, 0.25) is 5.91 Å². The Morgan fingerprint density at radius 3 is 2.67 bits per heavy atom. The molecule has 3 nitrogen and oxygen atoms in total. The molecule has 3 unspecified atom stereocenters. The van der Waals surface area contributed by atoms with E-state index in [9.17, 15) is 9.18 Å². The van der Waals surface area contributed by atoms with Crippen LogP contribution in [0.25, 0.3) is 0 Å². The number of rotatable bonds is 3. The van der Waals surface area contributed by atoms with Crippen LogP contribution in [0.15, 0.2) is 24.3 Å². The molecule has 1 aliphatic heterocycles. The van der Waals surface area contributed by atoms with Crippen molar-refractivity contribution in [3.05, 3.63) is 35.6 Å². The van der Waals surface area contributed by atoms with Crippen molar-refractivity contribution in [3.8, 4) is 0 Å². The molecule has 3 rings (SSSR count). The second-order valence-electron chi connectivity index (χ2n) is 6.16. The molecule has 0 aromatic heterocycles. The van der Waals surface area contributed by atoms with Crippen LogP contribution in [0.3, 0.4) is 0 Å². The Morgan fingerprint density at radius 1 is 1.24 bits per heavy atom. The van der Waals surface area contributed by atoms with Gasteiger partial charge in [-0.25, -0.2) is 4.39 Å². The lowest BCUT2D eigenvalue weighted by Gasteiger charge is -2.40. The summed E-state index contributed by atoms with van der Waals surface area (Å²) in [6, 6.07) is 6.82. The van der Waals surface area contributed by atoms with E-state index in [1.165, 1.54) is 31.4 Å². The van der Waals surface area contributed by atoms with E-state index in [0.717, 1.165) is 18.4 Å². The van der Waals surface area contributed by atoms with Crippen molar-refractivity contribution in [2.45, 2.75) is 51.2 Å². The third-order valence-corrected chi connectivity index (χ3v) is 4.95. The van der Waals surface area contributed by atoms with Gasteiger partial charge in [0.1, 0.15) is 12.0 Å². The number of carbonyl (C=O) groups is 1. The fourth-order valence-corrected chi connectivity index (χ4v) is 3.85. The zero-order valence-corrected chi connectivity index (χ0v) is 12.5. The number of nitrogens with one attached hydrogen (secondary N) is 1. The second-order valence-corrected chi connectivity index (χ2v) is 6.16. The molecule has 2 aliphatic rings. The Morgan fingerprint density at radius 2 is 1.95 bits per heavy atom. The maximum absolute atomic E-state index is 13.1. The zero-order chi connectivity index (χ0) is 14.8. The highest BCUT2D eigenvalue weighted by molar-refractivity contribution is 5.81. The van der Waals surface area contributed by atoms with Crippen LogP contribution in [0.1, 0.15) is 50.8 Å². The van der Waals surface area contributed by atoms with Crippen molar-refractivity contribution in [3.63, 3.8) is 0 Å². The maximum Gasteiger partial charge on any atom is 0.238 e. The fourth-order valence-electron chi connectivity index (χ4n) is 3.85. The summed E-state index contributed by atoms with van der Waals surface area (Å²) in [5.41, 5.74) is 0.975. The van der Waals surface area contributed by atoms with Crippen LogP contribution in [0, 0.1) is 11.7 Å². The first-order chi connectivity index (χ1) is 10.2. The molecular weight excluding hydrogens is 267 g/mol. The van der Waals surface area contributed by atoms with Crippen LogP contribution in [0.4, 0.5) is 4.39 Å². The highest BCUT2D eigenvalue weighted by Gasteiger charge is 2.40. The van der Waals surface area contributed by atoms with Gasteiger partial charge in [0, 0.05) is 6.04 Å². The Bertz CT molecular complexity index is 502. The molecule has 0 spiro atoms. The smallest absolute Gasteiger partial charge is 0.238 e. The standard InChI is InChI=1S/C17H23FN2O/c1-2-12-5-3-4-6-15(12)20-16(21)11-19-17(20)13-7-9-14(18)10-8-13/h7-10,12,15,17,19H,2-6,11H2,1H3. The third-order valence-electron chi connectivity index (χ3n) is 4.95. The highest BCUT2D eigenvalue weighted by atomic mass is 19.1. The predicted molar refractivity (Wildman–Crippen MR) is 80.0 cm³/mol. The van der Waals surface area contributed by atoms with Crippen molar-refractivity contribution in [2.24, 2.45) is 5.92 Å². The molecule has 0 radical (unpaired) electrons. The SMILES string of the molecule is CCC1CCCCC1N1C(=O)CNC1c1ccc(F)cc1. The van der Waals surface area contributed by atoms with E-state index in [0.29, 0.717) is 18.5 Å². The predicted octanol–water partition coefficient (Wildman–Crippen LogP) is 3.22. The summed E-state index contributed by atoms with van der Waals surface area (Å²) in [7, 11) is 0. The molecule has 114 valence electrons. The Hall–Kier alpha value is -1.42. The minimum Gasteiger partial charge on any atom is -0.319 e. The highest BCUT2D eigenvalue weighted by Crippen LogP contribution is 2.36. The van der Waals surface area contributed by atoms with E-state index >= 15 is 0 Å². The molecule has 1 aliphatic carbocycles. The van der Waals surface area contributed by atoms with E-state index in [1.807, 2.05) is 4.90 Å². The summed E-state index contributed by atoms with van der Waals surface area (Å²) in [5.74, 6) is 0.527. The number of halogens is 1. The van der Waals surface area contributed by atoms with Gasteiger partial charge in [-0.05, 0) is 36.5 Å². The number of hydrogen-bond donors (Lipinski definition) is 1. The molecule has 1 amide bonds. The van der Waals surface area contributed by atoms with Crippen molar-refractivity contribution in [2.75, 3.05) is 6.54 Å². The summed E-state index contributed by atoms with van der Waals surface area (Å²) in [6.45, 7) is 2.60. The van der Waals surface area contributed by atoms with Gasteiger partial charge in [-0.15, -0.1) is 0 Å². The van der Waals surface area contributed by atoms with Gasteiger partial charge in [-0.3, -0.25) is 10.1 Å². The molecule has 2 fully saturated rings. The lowest BCUT2D eigenvalue weighted by Crippen LogP contribution is -2.45. The van der Waals surface area contributed by atoms with E-state index in [-0.39, 0.29) is 17.9 Å². The normalized spacial score (nSPS) is 29.9. The Labute approximate surface area is 125 Å². The molecule has 4 heteroatoms. The largest absolute Gasteiger partial charge is 0.319 e. The van der Waals surface area contributed by atoms with Gasteiger partial charge in [0.25, 0.3) is 0 Å². The summed E-state index contributed by atoms with van der Waals surface area (Å²) >= 11 is 0. The molecular formula is C17H23FN2O. The Balaban J connectivity index is 1.86. The van der Waals surface area contributed by atoms with E-state index in [4.69, 9.17) is 0 Å². The third kappa shape index (κ3) is 2.82. The average Bonchev–Trinajstić information content (AvgIpc) is 2.89. The van der Waals surface area contributed by atoms with Crippen LogP contribution in [0.2, 0.25) is 0 Å². The first kappa shape index (κ1) is 14.5. The molecule has 1 heterocycles. The summed E-state index contributed by atoms with van der Waals surface area (Å²) in [4.78, 5) is 14.4. The number of amides is 1. The van der Waals surface area contributed by atoms with E-state index in [1.54, 1.807) is 12.1 Å². The molecule has 1 saturated heterocycles. The van der Waals surface area contributed by atoms with Crippen LogP contribution in [0.5, 0.6) is 0 Å². The number of benzene rings is 1. The van der Waals surface area contributed by atoms with Crippen molar-refractivity contribution in [1.29, 1.82) is 0 Å². The first-order valence-corrected chi connectivity index (χ1v) is 8.00. The molecule has 0 bridgehead atoms. The zero-order valence-electron chi connectivity index (χ0n) is 12.5. The quantitative estimate of drug-likeness (QED) is 0.927. The van der Waals surface area contributed by atoms with Gasteiger partial charge < -0.3 is 4.90 Å². The molecule has 1 saturated carbocycles. The molecule has 3 atom stereocenters. The van der Waals surface area contributed by atoms with Gasteiger partial charge in [-0.2, -0.15) is 0 Å². The second kappa shape index (κ2) is 6.14. The number of carbonyl (C=O) groups excluding carboxylic acids is 1. The van der Waals surface area contributed by atoms with Crippen LogP contribution >= 0.6 is 0 Å². The van der Waals surface area contributed by atoms with E-state index < -0.39 is 0 Å². The lowest BCUT2D eigenvalue weighted by atomic mass is 9.81. The summed E-state index contributed by atoms with van der Waals surface area (Å²) < 4.78 is 13.1. The van der Waals surface area contributed by atoms with Crippen molar-refractivity contribution in [1.82, 2.24) is 10.2 Å². The lowest BCUT2D eigenvalue weighted by molar-refractivity contribution is -0.132. The molecule has 21 heavy (non-hydrogen) atoms. The van der Waals surface area contributed by atoms with Crippen molar-refractivity contribution < 1.29 is 9.18 Å². The summed E-state index contributed by atoms with van der Waals surface area (Å²) in [6.07, 6.45) is 5.78. The number of hydrogen-bond acceptors (Lipinski definition) is 2. The maximum atomic E-state index is 13.1. The monoisotopic (exact) mass is 290 g/mol.